The van der Waals surface area contributed by atoms with Gasteiger partial charge in [0.25, 0.3) is 0 Å². The van der Waals surface area contributed by atoms with Crippen LogP contribution in [-0.2, 0) is 6.42 Å². The largest absolute Gasteiger partial charge is 0.490 e. The van der Waals surface area contributed by atoms with E-state index in [1.807, 2.05) is 6.07 Å². The molecule has 0 saturated heterocycles. The van der Waals surface area contributed by atoms with Gasteiger partial charge in [0.2, 0.25) is 0 Å². The average Bonchev–Trinajstić information content (AvgIpc) is 2.83. The van der Waals surface area contributed by atoms with Gasteiger partial charge in [0, 0.05) is 24.7 Å². The molecule has 2 aromatic rings. The molecule has 1 aliphatic rings. The number of guanidine groups is 1. The predicted molar refractivity (Wildman–Crippen MR) is 92.2 cm³/mol. The van der Waals surface area contributed by atoms with Crippen molar-refractivity contribution in [1.82, 2.24) is 0 Å². The van der Waals surface area contributed by atoms with Gasteiger partial charge in [0.1, 0.15) is 0 Å². The monoisotopic (exact) mass is 347 g/mol. The SMILES string of the molecule is NC(=NCCc1cccc(F)c1F)Nc1ccc2c(c1)OCCCO2. The van der Waals surface area contributed by atoms with Crippen molar-refractivity contribution >= 4 is 11.6 Å². The Morgan fingerprint density at radius 3 is 2.76 bits per heavy atom. The summed E-state index contributed by atoms with van der Waals surface area (Å²) in [5.74, 6) is -0.171. The van der Waals surface area contributed by atoms with Crippen molar-refractivity contribution in [3.63, 3.8) is 0 Å². The van der Waals surface area contributed by atoms with E-state index in [1.54, 1.807) is 12.1 Å². The molecule has 1 aliphatic heterocycles. The van der Waals surface area contributed by atoms with Crippen LogP contribution in [0.5, 0.6) is 11.5 Å². The van der Waals surface area contributed by atoms with Gasteiger partial charge in [-0.2, -0.15) is 0 Å². The Hall–Kier alpha value is -2.83. The lowest BCUT2D eigenvalue weighted by molar-refractivity contribution is 0.297. The fraction of sp³-hybridized carbons (Fsp3) is 0.278. The Balaban J connectivity index is 1.60. The van der Waals surface area contributed by atoms with Crippen LogP contribution in [0.4, 0.5) is 14.5 Å². The number of anilines is 1. The summed E-state index contributed by atoms with van der Waals surface area (Å²) in [6, 6.07) is 9.48. The maximum atomic E-state index is 13.6. The summed E-state index contributed by atoms with van der Waals surface area (Å²) < 4.78 is 37.9. The molecule has 0 fully saturated rings. The second-order valence-electron chi connectivity index (χ2n) is 5.57. The molecular weight excluding hydrogens is 328 g/mol. The van der Waals surface area contributed by atoms with E-state index in [0.717, 1.165) is 12.5 Å². The Kier molecular flexibility index (Phi) is 5.33. The van der Waals surface area contributed by atoms with Crippen LogP contribution in [0.15, 0.2) is 41.4 Å². The second-order valence-corrected chi connectivity index (χ2v) is 5.57. The number of benzene rings is 2. The zero-order valence-electron chi connectivity index (χ0n) is 13.6. The standard InChI is InChI=1S/C18H19F2N3O2/c19-14-4-1-3-12(17(14)20)7-8-22-18(21)23-13-5-6-15-16(11-13)25-10-2-9-24-15/h1,3-6,11H,2,7-10H2,(H3,21,22,23). The molecule has 0 atom stereocenters. The third kappa shape index (κ3) is 4.37. The van der Waals surface area contributed by atoms with Gasteiger partial charge in [-0.05, 0) is 30.2 Å². The molecule has 25 heavy (non-hydrogen) atoms. The molecule has 7 heteroatoms. The van der Waals surface area contributed by atoms with Crippen molar-refractivity contribution in [2.24, 2.45) is 10.7 Å². The lowest BCUT2D eigenvalue weighted by atomic mass is 10.1. The normalized spacial score (nSPS) is 14.1. The highest BCUT2D eigenvalue weighted by molar-refractivity contribution is 5.92. The zero-order chi connectivity index (χ0) is 17.6. The summed E-state index contributed by atoms with van der Waals surface area (Å²) in [7, 11) is 0. The number of rotatable bonds is 4. The number of nitrogens with zero attached hydrogens (tertiary/aromatic N) is 1. The molecule has 5 nitrogen and oxygen atoms in total. The molecular formula is C18H19F2N3O2. The zero-order valence-corrected chi connectivity index (χ0v) is 13.6. The Bertz CT molecular complexity index is 781. The maximum Gasteiger partial charge on any atom is 0.193 e. The number of ether oxygens (including phenoxy) is 2. The lowest BCUT2D eigenvalue weighted by Crippen LogP contribution is -2.23. The highest BCUT2D eigenvalue weighted by atomic mass is 19.2. The minimum Gasteiger partial charge on any atom is -0.490 e. The topological polar surface area (TPSA) is 68.9 Å². The number of aliphatic imine (C=N–C) groups is 1. The van der Waals surface area contributed by atoms with E-state index in [0.29, 0.717) is 30.4 Å². The number of fused-ring (bicyclic) bond motifs is 1. The maximum absolute atomic E-state index is 13.6. The third-order valence-electron chi connectivity index (χ3n) is 3.71. The van der Waals surface area contributed by atoms with Crippen LogP contribution in [0.1, 0.15) is 12.0 Å². The number of nitrogens with one attached hydrogen (secondary N) is 1. The van der Waals surface area contributed by atoms with Gasteiger partial charge in [-0.3, -0.25) is 4.99 Å². The van der Waals surface area contributed by atoms with Crippen molar-refractivity contribution in [1.29, 1.82) is 0 Å². The first kappa shape index (κ1) is 17.0. The van der Waals surface area contributed by atoms with Crippen molar-refractivity contribution in [3.05, 3.63) is 53.6 Å². The van der Waals surface area contributed by atoms with Crippen LogP contribution in [0.25, 0.3) is 0 Å². The van der Waals surface area contributed by atoms with Gasteiger partial charge in [-0.15, -0.1) is 0 Å². The van der Waals surface area contributed by atoms with E-state index in [2.05, 4.69) is 10.3 Å². The number of hydrogen-bond donors (Lipinski definition) is 2. The van der Waals surface area contributed by atoms with Crippen LogP contribution in [-0.4, -0.2) is 25.7 Å². The minimum atomic E-state index is -0.861. The summed E-state index contributed by atoms with van der Waals surface area (Å²) >= 11 is 0. The smallest absolute Gasteiger partial charge is 0.193 e. The predicted octanol–water partition coefficient (Wildman–Crippen LogP) is 3.10. The van der Waals surface area contributed by atoms with Gasteiger partial charge in [0.05, 0.1) is 13.2 Å². The van der Waals surface area contributed by atoms with E-state index in [4.69, 9.17) is 15.2 Å². The Labute approximate surface area is 144 Å². The van der Waals surface area contributed by atoms with Crippen molar-refractivity contribution in [2.45, 2.75) is 12.8 Å². The van der Waals surface area contributed by atoms with Crippen molar-refractivity contribution < 1.29 is 18.3 Å². The molecule has 1 heterocycles. The van der Waals surface area contributed by atoms with E-state index in [9.17, 15) is 8.78 Å². The minimum absolute atomic E-state index is 0.186. The number of hydrogen-bond acceptors (Lipinski definition) is 3. The molecule has 2 aromatic carbocycles. The first-order valence-corrected chi connectivity index (χ1v) is 8.03. The fourth-order valence-corrected chi connectivity index (χ4v) is 2.47. The molecule has 0 amide bonds. The third-order valence-corrected chi connectivity index (χ3v) is 3.71. The first-order chi connectivity index (χ1) is 12.1. The lowest BCUT2D eigenvalue weighted by Gasteiger charge is -2.10. The van der Waals surface area contributed by atoms with E-state index >= 15 is 0 Å². The quantitative estimate of drug-likeness (QED) is 0.659. The Morgan fingerprint density at radius 2 is 1.92 bits per heavy atom. The molecule has 0 aliphatic carbocycles. The second kappa shape index (κ2) is 7.83. The Morgan fingerprint density at radius 1 is 1.12 bits per heavy atom. The molecule has 0 unspecified atom stereocenters. The highest BCUT2D eigenvalue weighted by Crippen LogP contribution is 2.32. The average molecular weight is 347 g/mol. The number of nitrogens with two attached hydrogens (primary N) is 1. The first-order valence-electron chi connectivity index (χ1n) is 8.03. The molecule has 132 valence electrons. The molecule has 3 N–H and O–H groups in total. The molecule has 0 aromatic heterocycles. The van der Waals surface area contributed by atoms with Gasteiger partial charge in [-0.25, -0.2) is 8.78 Å². The summed E-state index contributed by atoms with van der Waals surface area (Å²) in [6.07, 6.45) is 1.09. The van der Waals surface area contributed by atoms with Crippen LogP contribution < -0.4 is 20.5 Å². The fourth-order valence-electron chi connectivity index (χ4n) is 2.47. The summed E-state index contributed by atoms with van der Waals surface area (Å²) in [4.78, 5) is 4.14. The summed E-state index contributed by atoms with van der Waals surface area (Å²) in [5.41, 5.74) is 6.82. The highest BCUT2D eigenvalue weighted by Gasteiger charge is 2.11. The summed E-state index contributed by atoms with van der Waals surface area (Å²) in [6.45, 7) is 1.46. The molecule has 3 rings (SSSR count). The van der Waals surface area contributed by atoms with E-state index in [1.165, 1.54) is 12.1 Å². The molecule has 0 spiro atoms. The molecule has 0 radical (unpaired) electrons. The van der Waals surface area contributed by atoms with Crippen molar-refractivity contribution in [3.8, 4) is 11.5 Å². The summed E-state index contributed by atoms with van der Waals surface area (Å²) in [5, 5.41) is 2.95. The van der Waals surface area contributed by atoms with Gasteiger partial charge < -0.3 is 20.5 Å². The van der Waals surface area contributed by atoms with Gasteiger partial charge in [-0.1, -0.05) is 12.1 Å². The number of halogens is 2. The van der Waals surface area contributed by atoms with Crippen LogP contribution in [0.3, 0.4) is 0 Å². The van der Waals surface area contributed by atoms with Gasteiger partial charge in [0.15, 0.2) is 29.1 Å². The van der Waals surface area contributed by atoms with E-state index < -0.39 is 11.6 Å². The van der Waals surface area contributed by atoms with Crippen LogP contribution in [0.2, 0.25) is 0 Å². The molecule has 0 bridgehead atoms. The van der Waals surface area contributed by atoms with Gasteiger partial charge >= 0.3 is 0 Å². The molecule has 0 saturated carbocycles. The van der Waals surface area contributed by atoms with Crippen molar-refractivity contribution in [2.75, 3.05) is 25.1 Å². The van der Waals surface area contributed by atoms with Crippen LogP contribution in [0, 0.1) is 11.6 Å². The van der Waals surface area contributed by atoms with Crippen LogP contribution >= 0.6 is 0 Å². The van der Waals surface area contributed by atoms with E-state index in [-0.39, 0.29) is 24.5 Å².